The van der Waals surface area contributed by atoms with Gasteiger partial charge in [-0.05, 0) is 66.3 Å². The molecule has 4 rings (SSSR count). The van der Waals surface area contributed by atoms with Gasteiger partial charge in [0.25, 0.3) is 11.8 Å². The van der Waals surface area contributed by atoms with Crippen molar-refractivity contribution >= 4 is 57.8 Å². The van der Waals surface area contributed by atoms with Crippen LogP contribution in [0.2, 0.25) is 5.02 Å². The molecule has 1 unspecified atom stereocenters. The number of anilines is 3. The largest absolute Gasteiger partial charge is 0.376 e. The zero-order valence-corrected chi connectivity index (χ0v) is 19.8. The molecule has 34 heavy (non-hydrogen) atoms. The van der Waals surface area contributed by atoms with Crippen LogP contribution in [-0.4, -0.2) is 36.7 Å². The first kappa shape index (κ1) is 23.7. The zero-order valence-electron chi connectivity index (χ0n) is 18.2. The Kier molecular flexibility index (Phi) is 7.42. The van der Waals surface area contributed by atoms with Crippen molar-refractivity contribution < 1.29 is 14.3 Å². The molecule has 1 atom stereocenters. The second-order valence-corrected chi connectivity index (χ2v) is 8.49. The fourth-order valence-electron chi connectivity index (χ4n) is 3.78. The topological polar surface area (TPSA) is 87.9 Å². The van der Waals surface area contributed by atoms with Crippen LogP contribution < -0.4 is 20.9 Å². The van der Waals surface area contributed by atoms with Crippen LogP contribution in [0, 0.1) is 0 Å². The number of rotatable bonds is 6. The van der Waals surface area contributed by atoms with Crippen LogP contribution in [0.4, 0.5) is 17.1 Å². The Labute approximate surface area is 208 Å². The van der Waals surface area contributed by atoms with Crippen molar-refractivity contribution in [3.8, 4) is 0 Å². The second kappa shape index (κ2) is 10.6. The number of nitrogens with zero attached hydrogens (tertiary/aromatic N) is 2. The summed E-state index contributed by atoms with van der Waals surface area (Å²) in [6, 6.07) is 22.5. The van der Waals surface area contributed by atoms with Gasteiger partial charge in [-0.3, -0.25) is 9.59 Å². The predicted octanol–water partition coefficient (Wildman–Crippen LogP) is 4.13. The number of nitrogens with two attached hydrogens (primary N) is 1. The fraction of sp³-hybridized carbons (Fsp3) is 0.160. The van der Waals surface area contributed by atoms with E-state index >= 15 is 0 Å². The first-order chi connectivity index (χ1) is 16.4. The van der Waals surface area contributed by atoms with Gasteiger partial charge in [0.15, 0.2) is 5.11 Å². The smallest absolute Gasteiger partial charge is 0.253 e. The summed E-state index contributed by atoms with van der Waals surface area (Å²) in [6.07, 6.45) is 0. The highest BCUT2D eigenvalue weighted by Crippen LogP contribution is 2.30. The van der Waals surface area contributed by atoms with E-state index in [1.54, 1.807) is 58.3 Å². The molecule has 3 aromatic carbocycles. The number of thiocarbonyl (C=S) groups is 1. The van der Waals surface area contributed by atoms with E-state index in [1.807, 2.05) is 30.3 Å². The molecule has 1 heterocycles. The Morgan fingerprint density at radius 2 is 1.74 bits per heavy atom. The van der Waals surface area contributed by atoms with Crippen molar-refractivity contribution in [3.63, 3.8) is 0 Å². The molecule has 9 heteroatoms. The van der Waals surface area contributed by atoms with Crippen molar-refractivity contribution in [1.82, 2.24) is 0 Å². The van der Waals surface area contributed by atoms with E-state index in [0.29, 0.717) is 29.5 Å². The van der Waals surface area contributed by atoms with E-state index in [0.717, 1.165) is 11.3 Å². The number of hydrogen-bond donors (Lipinski definition) is 2. The summed E-state index contributed by atoms with van der Waals surface area (Å²) in [4.78, 5) is 28.9. The first-order valence-corrected chi connectivity index (χ1v) is 11.4. The quantitative estimate of drug-likeness (QED) is 0.501. The molecule has 1 saturated heterocycles. The van der Waals surface area contributed by atoms with E-state index in [2.05, 4.69) is 5.32 Å². The molecule has 0 aromatic heterocycles. The number of hydrogen-bond acceptors (Lipinski definition) is 4. The van der Waals surface area contributed by atoms with Crippen molar-refractivity contribution in [3.05, 3.63) is 89.4 Å². The van der Waals surface area contributed by atoms with Crippen molar-refractivity contribution in [2.24, 2.45) is 5.73 Å². The maximum Gasteiger partial charge on any atom is 0.253 e. The second-order valence-electron chi connectivity index (χ2n) is 7.63. The SMILES string of the molecule is NC(=S)N(c1ccc(Cl)cc1)C(C(=O)Nc1ccc(N2CCOCC2=O)cc1)c1ccccc1. The summed E-state index contributed by atoms with van der Waals surface area (Å²) in [5.74, 6) is -0.411. The monoisotopic (exact) mass is 494 g/mol. The lowest BCUT2D eigenvalue weighted by Crippen LogP contribution is -2.44. The lowest BCUT2D eigenvalue weighted by atomic mass is 10.0. The summed E-state index contributed by atoms with van der Waals surface area (Å²) in [5.41, 5.74) is 8.78. The molecule has 0 bridgehead atoms. The maximum absolute atomic E-state index is 13.6. The highest BCUT2D eigenvalue weighted by atomic mass is 35.5. The normalized spacial score (nSPS) is 14.4. The summed E-state index contributed by atoms with van der Waals surface area (Å²) < 4.78 is 5.18. The predicted molar refractivity (Wildman–Crippen MR) is 138 cm³/mol. The molecular formula is C25H23ClN4O3S. The van der Waals surface area contributed by atoms with Gasteiger partial charge in [0.05, 0.1) is 6.61 Å². The van der Waals surface area contributed by atoms with Crippen LogP contribution in [0.5, 0.6) is 0 Å². The van der Waals surface area contributed by atoms with Gasteiger partial charge < -0.3 is 25.6 Å². The molecule has 1 fully saturated rings. The molecule has 0 aliphatic carbocycles. The molecule has 1 aliphatic heterocycles. The van der Waals surface area contributed by atoms with Crippen molar-refractivity contribution in [2.75, 3.05) is 34.9 Å². The summed E-state index contributed by atoms with van der Waals surface area (Å²) in [7, 11) is 0. The number of carbonyl (C=O) groups is 2. The maximum atomic E-state index is 13.6. The average molecular weight is 495 g/mol. The number of benzene rings is 3. The molecule has 3 aromatic rings. The number of morpholine rings is 1. The standard InChI is InChI=1S/C25H23ClN4O3S/c26-18-6-10-21(11-7-18)30(25(27)34)23(17-4-2-1-3-5-17)24(32)28-19-8-12-20(13-9-19)29-14-15-33-16-22(29)31/h1-13,23H,14-16H2,(H2,27,34)(H,28,32). The van der Waals surface area contributed by atoms with Gasteiger partial charge in [0, 0.05) is 28.6 Å². The minimum atomic E-state index is -0.819. The molecular weight excluding hydrogens is 472 g/mol. The van der Waals surface area contributed by atoms with Crippen molar-refractivity contribution in [2.45, 2.75) is 6.04 Å². The third-order valence-corrected chi connectivity index (χ3v) is 5.85. The number of nitrogens with one attached hydrogen (secondary N) is 1. The number of carbonyl (C=O) groups excluding carboxylic acids is 2. The van der Waals surface area contributed by atoms with Crippen LogP contribution in [0.1, 0.15) is 11.6 Å². The van der Waals surface area contributed by atoms with Gasteiger partial charge in [-0.15, -0.1) is 0 Å². The van der Waals surface area contributed by atoms with E-state index in [-0.39, 0.29) is 23.5 Å². The summed E-state index contributed by atoms with van der Waals surface area (Å²) >= 11 is 11.4. The molecule has 0 saturated carbocycles. The third kappa shape index (κ3) is 5.36. The molecule has 0 spiro atoms. The Balaban J connectivity index is 1.61. The van der Waals surface area contributed by atoms with E-state index in [1.165, 1.54) is 0 Å². The van der Waals surface area contributed by atoms with Gasteiger partial charge >= 0.3 is 0 Å². The number of ether oxygens (including phenoxy) is 1. The number of halogens is 1. The Hall–Kier alpha value is -3.46. The minimum absolute atomic E-state index is 0.0486. The Bertz CT molecular complexity index is 1170. The van der Waals surface area contributed by atoms with Gasteiger partial charge in [-0.1, -0.05) is 41.9 Å². The molecule has 7 nitrogen and oxygen atoms in total. The number of amides is 2. The van der Waals surface area contributed by atoms with Crippen molar-refractivity contribution in [1.29, 1.82) is 0 Å². The Morgan fingerprint density at radius 1 is 1.06 bits per heavy atom. The van der Waals surface area contributed by atoms with Gasteiger partial charge in [0.1, 0.15) is 12.6 Å². The highest BCUT2D eigenvalue weighted by molar-refractivity contribution is 7.80. The van der Waals surface area contributed by atoms with Crippen LogP contribution in [0.15, 0.2) is 78.9 Å². The van der Waals surface area contributed by atoms with Crippen LogP contribution in [0.3, 0.4) is 0 Å². The molecule has 0 radical (unpaired) electrons. The fourth-order valence-corrected chi connectivity index (χ4v) is 4.12. The molecule has 3 N–H and O–H groups in total. The van der Waals surface area contributed by atoms with Gasteiger partial charge in [-0.2, -0.15) is 0 Å². The van der Waals surface area contributed by atoms with Crippen LogP contribution >= 0.6 is 23.8 Å². The van der Waals surface area contributed by atoms with Crippen LogP contribution in [-0.2, 0) is 14.3 Å². The van der Waals surface area contributed by atoms with Gasteiger partial charge in [0.2, 0.25) is 0 Å². The lowest BCUT2D eigenvalue weighted by molar-refractivity contribution is -0.125. The third-order valence-electron chi connectivity index (χ3n) is 5.40. The van der Waals surface area contributed by atoms with E-state index in [4.69, 9.17) is 34.3 Å². The van der Waals surface area contributed by atoms with Crippen LogP contribution in [0.25, 0.3) is 0 Å². The summed E-state index contributed by atoms with van der Waals surface area (Å²) in [5, 5.41) is 3.56. The van der Waals surface area contributed by atoms with Gasteiger partial charge in [-0.25, -0.2) is 0 Å². The van der Waals surface area contributed by atoms with E-state index in [9.17, 15) is 9.59 Å². The minimum Gasteiger partial charge on any atom is -0.376 e. The Morgan fingerprint density at radius 3 is 2.35 bits per heavy atom. The van der Waals surface area contributed by atoms with E-state index < -0.39 is 6.04 Å². The molecule has 174 valence electrons. The summed E-state index contributed by atoms with van der Waals surface area (Å²) in [6.45, 7) is 1.05. The average Bonchev–Trinajstić information content (AvgIpc) is 2.84. The highest BCUT2D eigenvalue weighted by Gasteiger charge is 2.30. The zero-order chi connectivity index (χ0) is 24.1. The molecule has 1 aliphatic rings. The molecule has 2 amide bonds. The lowest BCUT2D eigenvalue weighted by Gasteiger charge is -2.32. The first-order valence-electron chi connectivity index (χ1n) is 10.6.